The average molecular weight is 1520 g/mol. The third kappa shape index (κ3) is 12.2. The van der Waals surface area contributed by atoms with Crippen molar-refractivity contribution in [3.8, 4) is 0 Å². The quantitative estimate of drug-likeness (QED) is 0.160. The molecule has 4 atom stereocenters. The van der Waals surface area contributed by atoms with Gasteiger partial charge in [0.05, 0.1) is 16.8 Å². The van der Waals surface area contributed by atoms with E-state index in [9.17, 15) is 0 Å². The number of para-hydroxylation sites is 6. The number of nitrogens with zero attached hydrogens (tertiary/aromatic N) is 5. The van der Waals surface area contributed by atoms with Crippen molar-refractivity contribution >= 4 is 143 Å². The third-order valence-corrected chi connectivity index (χ3v) is 28.0. The lowest BCUT2D eigenvalue weighted by Gasteiger charge is -2.53. The molecular weight excluding hydrogens is 1400 g/mol. The van der Waals surface area contributed by atoms with Crippen molar-refractivity contribution in [2.24, 2.45) is 0 Å². The standard InChI is InChI=1S/C52H54BN3.C32H28BClN2.C20H27N.CH4/c1-49(2,3)35-23-27-38(28-24-35)54(39-29-25-36(26-30-39)50(4,5)6)40-33-45-47-46(34-40)56-48-41(51(7)31-14-15-32-52(51,56)8)19-16-21-43(48)53(47)42-20-12-13-22-44(42)55(45)37-17-10-9-11-18-37;1-31-17-8-9-18-32(31,2)36-28-20-21(34)19-27-29(28)33(25-15-10-13-23(31)30(25)36)24-14-6-7-16-26(24)35(27)22-11-4-3-5-12-22;1-19(2,3)15-7-11-17(12-8-15)21-18-13-9-16(10-14-18)20(4,5)6;/h9-13,16-30,33-34H,14-15,31-32H2,1-8H3;3-7,10-16,19-20H,8-9,17-18H2,1-2H3;7-14,21H,1-6H3;1H4. The van der Waals surface area contributed by atoms with Gasteiger partial charge < -0.3 is 29.8 Å². The molecule has 20 rings (SSSR count). The minimum absolute atomic E-state index is 0. The van der Waals surface area contributed by atoms with Crippen molar-refractivity contribution in [1.82, 2.24) is 0 Å². The van der Waals surface area contributed by atoms with E-state index in [-0.39, 0.29) is 64.4 Å². The molecule has 1 N–H and O–H groups in total. The fraction of sp³-hybridized carbons (Fsp3) is 0.314. The lowest BCUT2D eigenvalue weighted by molar-refractivity contribution is 0.195. The van der Waals surface area contributed by atoms with Gasteiger partial charge in [0.15, 0.2) is 0 Å². The van der Waals surface area contributed by atoms with E-state index in [4.69, 9.17) is 11.6 Å². The minimum atomic E-state index is -0.0524. The Balaban J connectivity index is 0.000000138. The molecule has 2 saturated carbocycles. The van der Waals surface area contributed by atoms with E-state index < -0.39 is 0 Å². The van der Waals surface area contributed by atoms with Crippen LogP contribution in [0, 0.1) is 0 Å². The number of halogens is 1. The van der Waals surface area contributed by atoms with Crippen LogP contribution in [0.4, 0.5) is 85.3 Å². The summed E-state index contributed by atoms with van der Waals surface area (Å²) < 4.78 is 0. The second-order valence-corrected chi connectivity index (χ2v) is 39.0. The van der Waals surface area contributed by atoms with Gasteiger partial charge in [0.2, 0.25) is 0 Å². The Morgan fingerprint density at radius 1 is 0.333 bits per heavy atom. The summed E-state index contributed by atoms with van der Waals surface area (Å²) in [5, 5.41) is 4.26. The van der Waals surface area contributed by atoms with Gasteiger partial charge in [-0.2, -0.15) is 0 Å². The summed E-state index contributed by atoms with van der Waals surface area (Å²) in [5.74, 6) is 0. The van der Waals surface area contributed by atoms with Crippen LogP contribution in [0.2, 0.25) is 5.02 Å². The van der Waals surface area contributed by atoms with Crippen molar-refractivity contribution in [3.05, 3.63) is 305 Å². The SMILES string of the molecule is C.CC(C)(C)c1ccc(N(c2ccc(C(C)(C)C)cc2)c2cc3c4c(c2)N2c5c(cccc5C5(C)CCCCC25C)B4c2ccccc2N3c2ccccc2)cc1.CC(C)(C)c1ccc(Nc2ccc(C(C)(C)C)cc2)cc1.CC12CCCCC1(C)N1c3cc(Cl)cc4c3B(c3ccccc3N4c3ccccc3)c3cccc2c31. The molecule has 4 unspecified atom stereocenters. The number of benzene rings is 12. The number of nitrogens with one attached hydrogen (secondary N) is 1. The highest BCUT2D eigenvalue weighted by Crippen LogP contribution is 2.64. The van der Waals surface area contributed by atoms with Crippen LogP contribution in [-0.4, -0.2) is 24.5 Å². The van der Waals surface area contributed by atoms with Crippen LogP contribution in [-0.2, 0) is 32.5 Å². The van der Waals surface area contributed by atoms with Crippen LogP contribution in [0.25, 0.3) is 0 Å². The number of fused-ring (bicyclic) bond motifs is 14. The van der Waals surface area contributed by atoms with E-state index in [0.717, 1.165) is 16.4 Å². The molecule has 8 aliphatic rings. The molecule has 0 aromatic heterocycles. The third-order valence-electron chi connectivity index (χ3n) is 27.7. The van der Waals surface area contributed by atoms with Crippen LogP contribution in [0.1, 0.15) is 203 Å². The van der Waals surface area contributed by atoms with Crippen molar-refractivity contribution in [2.45, 2.75) is 213 Å². The maximum Gasteiger partial charge on any atom is 0.252 e. The molecule has 6 nitrogen and oxygen atoms in total. The van der Waals surface area contributed by atoms with E-state index >= 15 is 0 Å². The van der Waals surface area contributed by atoms with Gasteiger partial charge in [-0.3, -0.25) is 0 Å². The molecule has 6 aliphatic heterocycles. The first-order valence-electron chi connectivity index (χ1n) is 41.7. The second-order valence-electron chi connectivity index (χ2n) is 38.6. The Labute approximate surface area is 686 Å². The second kappa shape index (κ2) is 27.8. The van der Waals surface area contributed by atoms with Crippen LogP contribution in [0.5, 0.6) is 0 Å². The molecule has 2 aliphatic carbocycles. The number of hydrogen-bond acceptors (Lipinski definition) is 6. The Kier molecular flexibility index (Phi) is 18.7. The lowest BCUT2D eigenvalue weighted by atomic mass is 9.33. The van der Waals surface area contributed by atoms with Gasteiger partial charge in [0, 0.05) is 95.5 Å². The molecule has 114 heavy (non-hydrogen) atoms. The summed E-state index contributed by atoms with van der Waals surface area (Å²) in [5.41, 5.74) is 36.2. The van der Waals surface area contributed by atoms with Gasteiger partial charge >= 0.3 is 0 Å². The predicted octanol–water partition coefficient (Wildman–Crippen LogP) is 25.5. The Bertz CT molecular complexity index is 5540. The molecule has 0 bridgehead atoms. The molecule has 576 valence electrons. The van der Waals surface area contributed by atoms with Crippen molar-refractivity contribution in [3.63, 3.8) is 0 Å². The Hall–Kier alpha value is -10.1. The zero-order valence-electron chi connectivity index (χ0n) is 69.3. The van der Waals surface area contributed by atoms with Crippen LogP contribution in [0.3, 0.4) is 0 Å². The van der Waals surface area contributed by atoms with Gasteiger partial charge in [-0.25, -0.2) is 0 Å². The van der Waals surface area contributed by atoms with Gasteiger partial charge in [-0.1, -0.05) is 299 Å². The zero-order valence-corrected chi connectivity index (χ0v) is 70.1. The van der Waals surface area contributed by atoms with Crippen LogP contribution in [0.15, 0.2) is 267 Å². The Morgan fingerprint density at radius 2 is 0.658 bits per heavy atom. The van der Waals surface area contributed by atoms with E-state index in [1.807, 2.05) is 0 Å². The molecule has 0 amide bonds. The van der Waals surface area contributed by atoms with E-state index in [2.05, 4.69) is 408 Å². The highest BCUT2D eigenvalue weighted by molar-refractivity contribution is 7.01. The fourth-order valence-electron chi connectivity index (χ4n) is 21.2. The molecule has 12 aromatic carbocycles. The van der Waals surface area contributed by atoms with Gasteiger partial charge in [0.25, 0.3) is 13.4 Å². The first kappa shape index (κ1) is 76.5. The molecule has 0 radical (unpaired) electrons. The number of rotatable bonds is 7. The largest absolute Gasteiger partial charge is 0.356 e. The molecule has 12 aromatic rings. The number of hydrogen-bond donors (Lipinski definition) is 1. The summed E-state index contributed by atoms with van der Waals surface area (Å²) in [7, 11) is 0. The topological polar surface area (TPSA) is 28.2 Å². The molecule has 9 heteroatoms. The maximum atomic E-state index is 6.98. The highest BCUT2D eigenvalue weighted by Gasteiger charge is 2.63. The van der Waals surface area contributed by atoms with Crippen LogP contribution < -0.4 is 62.6 Å². The van der Waals surface area contributed by atoms with E-state index in [0.29, 0.717) is 0 Å². The molecular formula is C105H113B2ClN6. The summed E-state index contributed by atoms with van der Waals surface area (Å²) in [6.07, 6.45) is 9.91. The highest BCUT2D eigenvalue weighted by atomic mass is 35.5. The van der Waals surface area contributed by atoms with Crippen LogP contribution >= 0.6 is 11.6 Å². The molecule has 0 spiro atoms. The first-order chi connectivity index (χ1) is 54.0. The molecule has 2 fully saturated rings. The van der Waals surface area contributed by atoms with Gasteiger partial charge in [-0.15, -0.1) is 0 Å². The summed E-state index contributed by atoms with van der Waals surface area (Å²) >= 11 is 6.98. The van der Waals surface area contributed by atoms with Crippen molar-refractivity contribution in [2.75, 3.05) is 29.8 Å². The fourth-order valence-corrected chi connectivity index (χ4v) is 21.4. The van der Waals surface area contributed by atoms with Crippen molar-refractivity contribution < 1.29 is 0 Å². The van der Waals surface area contributed by atoms with Gasteiger partial charge in [-0.05, 0) is 237 Å². The summed E-state index contributed by atoms with van der Waals surface area (Å²) in [6.45, 7) is 37.7. The van der Waals surface area contributed by atoms with E-state index in [1.54, 1.807) is 0 Å². The van der Waals surface area contributed by atoms with Gasteiger partial charge in [0.1, 0.15) is 0 Å². The predicted molar refractivity (Wildman–Crippen MR) is 495 cm³/mol. The summed E-state index contributed by atoms with van der Waals surface area (Å²) in [6, 6.07) is 99.8. The van der Waals surface area contributed by atoms with Crippen molar-refractivity contribution in [1.29, 1.82) is 0 Å². The summed E-state index contributed by atoms with van der Waals surface area (Å²) in [4.78, 5) is 13.0. The molecule has 6 heterocycles. The smallest absolute Gasteiger partial charge is 0.252 e. The molecule has 0 saturated heterocycles. The monoisotopic (exact) mass is 1510 g/mol. The first-order valence-corrected chi connectivity index (χ1v) is 42.1. The van der Waals surface area contributed by atoms with E-state index in [1.165, 1.54) is 191 Å². The minimum Gasteiger partial charge on any atom is -0.356 e. The number of anilines is 15. The average Bonchev–Trinajstić information content (AvgIpc) is 1.49. The zero-order chi connectivity index (χ0) is 78.7. The maximum absolute atomic E-state index is 6.98. The lowest BCUT2D eigenvalue weighted by Crippen LogP contribution is -2.64. The Morgan fingerprint density at radius 3 is 1.05 bits per heavy atom. The normalized spacial score (nSPS) is 20.2.